The number of aliphatic carboxylic acids is 2. The Morgan fingerprint density at radius 2 is 1.04 bits per heavy atom. The number of carboxylic acid groups (broad SMARTS) is 2. The minimum Gasteiger partial charge on any atom is -0.550 e. The summed E-state index contributed by atoms with van der Waals surface area (Å²) in [5.41, 5.74) is 13.2. The zero-order valence-corrected chi connectivity index (χ0v) is 16.2. The molecule has 0 aliphatic heterocycles. The van der Waals surface area contributed by atoms with E-state index in [4.69, 9.17) is 11.5 Å². The quantitative estimate of drug-likeness (QED) is 0.392. The maximum absolute atomic E-state index is 10.2. The number of nitrogen functional groups attached to an aromatic ring is 2. The molecule has 0 amide bonds. The average Bonchev–Trinajstić information content (AvgIpc) is 2.44. The van der Waals surface area contributed by atoms with Gasteiger partial charge >= 0.3 is 27.3 Å². The van der Waals surface area contributed by atoms with Gasteiger partial charge in [0, 0.05) is 36.2 Å². The van der Waals surface area contributed by atoms with Gasteiger partial charge in [0.25, 0.3) is 0 Å². The molecule has 0 unspecified atom stereocenters. The minimum absolute atomic E-state index is 0. The number of nitrogens with two attached hydrogens (primary N) is 2. The molecule has 0 saturated heterocycles. The topological polar surface area (TPSA) is 132 Å². The summed E-state index contributed by atoms with van der Waals surface area (Å²) in [4.78, 5) is 20.3. The van der Waals surface area contributed by atoms with E-state index < -0.39 is 11.9 Å². The molecule has 118 valence electrons. The normalized spacial score (nSPS) is 9.04. The number of rotatable bonds is 4. The van der Waals surface area contributed by atoms with Gasteiger partial charge in [0.2, 0.25) is 0 Å². The molecule has 0 atom stereocenters. The number of anilines is 2. The van der Waals surface area contributed by atoms with Crippen molar-refractivity contribution in [2.75, 3.05) is 11.5 Å². The van der Waals surface area contributed by atoms with Gasteiger partial charge in [-0.1, -0.05) is 36.4 Å². The van der Waals surface area contributed by atoms with Crippen LogP contribution in [0.4, 0.5) is 11.4 Å². The zero-order chi connectivity index (χ0) is 16.5. The second kappa shape index (κ2) is 10.6. The van der Waals surface area contributed by atoms with E-state index in [0.717, 1.165) is 0 Å². The molecule has 6 nitrogen and oxygen atoms in total. The van der Waals surface area contributed by atoms with Crippen molar-refractivity contribution in [1.29, 1.82) is 0 Å². The molecule has 4 N–H and O–H groups in total. The van der Waals surface area contributed by atoms with Crippen molar-refractivity contribution in [3.05, 3.63) is 59.7 Å². The Bertz CT molecular complexity index is 605. The van der Waals surface area contributed by atoms with Crippen molar-refractivity contribution in [2.24, 2.45) is 0 Å². The van der Waals surface area contributed by atoms with Gasteiger partial charge in [-0.2, -0.15) is 0 Å². The Kier molecular flexibility index (Phi) is 9.63. The van der Waals surface area contributed by atoms with E-state index in [-0.39, 0.29) is 40.1 Å². The van der Waals surface area contributed by atoms with Gasteiger partial charge in [0.05, 0.1) is 0 Å². The number of carbonyl (C=O) groups excluding carboxylic acids is 2. The van der Waals surface area contributed by atoms with Crippen molar-refractivity contribution >= 4 is 50.6 Å². The van der Waals surface area contributed by atoms with Crippen LogP contribution in [0.5, 0.6) is 0 Å². The van der Waals surface area contributed by atoms with E-state index >= 15 is 0 Å². The fourth-order valence-electron chi connectivity index (χ4n) is 1.70. The van der Waals surface area contributed by atoms with Gasteiger partial charge in [-0.3, -0.25) is 0 Å². The van der Waals surface area contributed by atoms with Gasteiger partial charge in [-0.15, -0.1) is 0 Å². The molecule has 0 fully saturated rings. The molecule has 0 spiro atoms. The molecule has 2 aromatic carbocycles. The maximum Gasteiger partial charge on any atom is 2.00 e. The Labute approximate surface area is 154 Å². The monoisotopic (exact) mass is 508 g/mol. The summed E-state index contributed by atoms with van der Waals surface area (Å²) in [7, 11) is 0. The second-order valence-electron chi connectivity index (χ2n) is 4.50. The molecular formula is C16H16N2O4Pb. The van der Waals surface area contributed by atoms with Crippen LogP contribution in [0.25, 0.3) is 0 Å². The van der Waals surface area contributed by atoms with Gasteiger partial charge in [0.15, 0.2) is 0 Å². The number of carbonyl (C=O) groups is 2. The van der Waals surface area contributed by atoms with Crippen LogP contribution < -0.4 is 21.7 Å². The summed E-state index contributed by atoms with van der Waals surface area (Å²) < 4.78 is 0. The van der Waals surface area contributed by atoms with E-state index in [2.05, 4.69) is 0 Å². The third-order valence-electron chi connectivity index (χ3n) is 2.78. The first-order valence-corrected chi connectivity index (χ1v) is 6.46. The fraction of sp³-hybridized carbons (Fsp3) is 0.125. The molecule has 0 aliphatic rings. The fourth-order valence-corrected chi connectivity index (χ4v) is 1.70. The third-order valence-corrected chi connectivity index (χ3v) is 2.78. The van der Waals surface area contributed by atoms with Crippen LogP contribution in [0.1, 0.15) is 11.1 Å². The predicted molar refractivity (Wildman–Crippen MR) is 84.9 cm³/mol. The molecule has 0 aliphatic carbocycles. The molecule has 0 heterocycles. The Morgan fingerprint density at radius 1 is 0.739 bits per heavy atom. The molecule has 0 bridgehead atoms. The SMILES string of the molecule is Nc1ccccc1CC(=O)[O-].Nc1ccccc1CC(=O)[O-].[Pb+2]. The predicted octanol–water partition coefficient (Wildman–Crippen LogP) is -1.26. The average molecular weight is 508 g/mol. The Balaban J connectivity index is 0.000000403. The number of benzene rings is 2. The van der Waals surface area contributed by atoms with Crippen LogP contribution >= 0.6 is 0 Å². The van der Waals surface area contributed by atoms with Crippen LogP contribution in [-0.4, -0.2) is 39.2 Å². The molecule has 2 rings (SSSR count). The summed E-state index contributed by atoms with van der Waals surface area (Å²) in [5, 5.41) is 20.3. The zero-order valence-electron chi connectivity index (χ0n) is 12.3. The molecule has 0 saturated carbocycles. The molecule has 23 heavy (non-hydrogen) atoms. The number of hydrogen-bond donors (Lipinski definition) is 2. The van der Waals surface area contributed by atoms with Crippen LogP contribution in [-0.2, 0) is 22.4 Å². The summed E-state index contributed by atoms with van der Waals surface area (Å²) in [6, 6.07) is 13.7. The van der Waals surface area contributed by atoms with Crippen LogP contribution in [0, 0.1) is 0 Å². The molecule has 0 aromatic heterocycles. The summed E-state index contributed by atoms with van der Waals surface area (Å²) >= 11 is 0. The second-order valence-corrected chi connectivity index (χ2v) is 4.50. The first kappa shape index (κ1) is 20.9. The van der Waals surface area contributed by atoms with Crippen molar-refractivity contribution in [2.45, 2.75) is 12.8 Å². The van der Waals surface area contributed by atoms with E-state index in [1.165, 1.54) is 0 Å². The van der Waals surface area contributed by atoms with E-state index in [0.29, 0.717) is 22.5 Å². The van der Waals surface area contributed by atoms with E-state index in [1.54, 1.807) is 48.5 Å². The smallest absolute Gasteiger partial charge is 0.550 e. The standard InChI is InChI=1S/2C8H9NO2.Pb/c2*9-7-4-2-1-3-6(7)5-8(10)11;/h2*1-4H,5,9H2,(H,10,11);/q;;+2/p-2. The number of hydrogen-bond acceptors (Lipinski definition) is 6. The first-order valence-electron chi connectivity index (χ1n) is 6.46. The maximum atomic E-state index is 10.2. The van der Waals surface area contributed by atoms with Crippen molar-refractivity contribution in [3.63, 3.8) is 0 Å². The van der Waals surface area contributed by atoms with Crippen molar-refractivity contribution < 1.29 is 19.8 Å². The minimum atomic E-state index is -1.11. The van der Waals surface area contributed by atoms with Gasteiger partial charge in [-0.05, 0) is 23.3 Å². The van der Waals surface area contributed by atoms with Crippen molar-refractivity contribution in [1.82, 2.24) is 0 Å². The molecular weight excluding hydrogens is 491 g/mol. The molecule has 2 radical (unpaired) electrons. The van der Waals surface area contributed by atoms with Crippen LogP contribution in [0.3, 0.4) is 0 Å². The first-order chi connectivity index (χ1) is 10.4. The number of para-hydroxylation sites is 2. The van der Waals surface area contributed by atoms with Gasteiger partial charge in [0.1, 0.15) is 0 Å². The van der Waals surface area contributed by atoms with Crippen molar-refractivity contribution in [3.8, 4) is 0 Å². The van der Waals surface area contributed by atoms with Gasteiger partial charge in [-0.25, -0.2) is 0 Å². The molecule has 7 heteroatoms. The van der Waals surface area contributed by atoms with Crippen LogP contribution in [0.15, 0.2) is 48.5 Å². The van der Waals surface area contributed by atoms with E-state index in [1.807, 2.05) is 0 Å². The van der Waals surface area contributed by atoms with Gasteiger partial charge < -0.3 is 31.3 Å². The summed E-state index contributed by atoms with van der Waals surface area (Å²) in [6.45, 7) is 0. The van der Waals surface area contributed by atoms with E-state index in [9.17, 15) is 19.8 Å². The Hall–Kier alpha value is -2.10. The number of carboxylic acids is 2. The Morgan fingerprint density at radius 3 is 1.30 bits per heavy atom. The van der Waals surface area contributed by atoms with Crippen LogP contribution in [0.2, 0.25) is 0 Å². The largest absolute Gasteiger partial charge is 2.00 e. The summed E-state index contributed by atoms with van der Waals surface area (Å²) in [6.07, 6.45) is -0.237. The third kappa shape index (κ3) is 8.19. The molecule has 2 aromatic rings. The summed E-state index contributed by atoms with van der Waals surface area (Å²) in [5.74, 6) is -2.22.